The van der Waals surface area contributed by atoms with Gasteiger partial charge in [-0.2, -0.15) is 5.26 Å². The Morgan fingerprint density at radius 2 is 2.13 bits per heavy atom. The van der Waals surface area contributed by atoms with Crippen LogP contribution >= 0.6 is 12.4 Å². The van der Waals surface area contributed by atoms with Gasteiger partial charge in [0.25, 0.3) is 0 Å². The van der Waals surface area contributed by atoms with Gasteiger partial charge in [-0.15, -0.1) is 12.4 Å². The fraction of sp³-hybridized carbons (Fsp3) is 0.500. The van der Waals surface area contributed by atoms with Gasteiger partial charge in [-0.3, -0.25) is 9.69 Å². The standard InChI is InChI=1S/C16H22N4O2.ClH/c1-19(12-16(21)20-7-5-18-6-8-20)11-13-3-4-14(10-17)15(9-13)22-2;/h3-4,9,18H,5-8,11-12H2,1-2H3;1H. The lowest BCUT2D eigenvalue weighted by molar-refractivity contribution is -0.132. The monoisotopic (exact) mass is 338 g/mol. The minimum absolute atomic E-state index is 0. The van der Waals surface area contributed by atoms with E-state index in [0.29, 0.717) is 24.4 Å². The fourth-order valence-corrected chi connectivity index (χ4v) is 2.54. The topological polar surface area (TPSA) is 68.6 Å². The van der Waals surface area contributed by atoms with Crippen LogP contribution in [-0.2, 0) is 11.3 Å². The number of hydrogen-bond donors (Lipinski definition) is 1. The first-order chi connectivity index (χ1) is 10.6. The first-order valence-corrected chi connectivity index (χ1v) is 7.38. The third-order valence-electron chi connectivity index (χ3n) is 3.71. The molecule has 0 spiro atoms. The quantitative estimate of drug-likeness (QED) is 0.862. The highest BCUT2D eigenvalue weighted by Gasteiger charge is 2.17. The second kappa shape index (κ2) is 9.36. The van der Waals surface area contributed by atoms with Crippen molar-refractivity contribution in [3.05, 3.63) is 29.3 Å². The molecular formula is C16H23ClN4O2. The molecule has 0 saturated carbocycles. The smallest absolute Gasteiger partial charge is 0.236 e. The van der Waals surface area contributed by atoms with Crippen LogP contribution in [0.1, 0.15) is 11.1 Å². The van der Waals surface area contributed by atoms with Crippen molar-refractivity contribution >= 4 is 18.3 Å². The van der Waals surface area contributed by atoms with Gasteiger partial charge in [-0.05, 0) is 24.7 Å². The van der Waals surface area contributed by atoms with E-state index < -0.39 is 0 Å². The van der Waals surface area contributed by atoms with Crippen molar-refractivity contribution in [2.24, 2.45) is 0 Å². The number of halogens is 1. The molecule has 0 radical (unpaired) electrons. The highest BCUT2D eigenvalue weighted by molar-refractivity contribution is 5.85. The van der Waals surface area contributed by atoms with E-state index in [1.807, 2.05) is 29.0 Å². The Kier molecular flexibility index (Phi) is 7.83. The summed E-state index contributed by atoms with van der Waals surface area (Å²) in [4.78, 5) is 16.1. The summed E-state index contributed by atoms with van der Waals surface area (Å²) in [6.45, 7) is 4.31. The molecule has 0 atom stereocenters. The lowest BCUT2D eigenvalue weighted by Gasteiger charge is -2.29. The van der Waals surface area contributed by atoms with Crippen molar-refractivity contribution in [1.29, 1.82) is 5.26 Å². The van der Waals surface area contributed by atoms with Gasteiger partial charge in [0, 0.05) is 32.7 Å². The predicted molar refractivity (Wildman–Crippen MR) is 90.7 cm³/mol. The van der Waals surface area contributed by atoms with Crippen molar-refractivity contribution in [3.8, 4) is 11.8 Å². The second-order valence-electron chi connectivity index (χ2n) is 5.45. The molecule has 0 bridgehead atoms. The Balaban J connectivity index is 0.00000264. The van der Waals surface area contributed by atoms with E-state index in [1.165, 1.54) is 0 Å². The van der Waals surface area contributed by atoms with Crippen LogP contribution < -0.4 is 10.1 Å². The minimum Gasteiger partial charge on any atom is -0.495 e. The molecule has 2 rings (SSSR count). The van der Waals surface area contributed by atoms with Gasteiger partial charge in [0.1, 0.15) is 11.8 Å². The summed E-state index contributed by atoms with van der Waals surface area (Å²) in [7, 11) is 3.47. The lowest BCUT2D eigenvalue weighted by atomic mass is 10.1. The van der Waals surface area contributed by atoms with Gasteiger partial charge >= 0.3 is 0 Å². The molecule has 0 aliphatic carbocycles. The molecule has 6 nitrogen and oxygen atoms in total. The number of carbonyl (C=O) groups is 1. The van der Waals surface area contributed by atoms with E-state index in [4.69, 9.17) is 10.00 Å². The largest absolute Gasteiger partial charge is 0.495 e. The van der Waals surface area contributed by atoms with Crippen LogP contribution in [0.3, 0.4) is 0 Å². The first kappa shape index (κ1) is 19.2. The second-order valence-corrected chi connectivity index (χ2v) is 5.45. The fourth-order valence-electron chi connectivity index (χ4n) is 2.54. The molecular weight excluding hydrogens is 316 g/mol. The molecule has 1 N–H and O–H groups in total. The zero-order valence-electron chi connectivity index (χ0n) is 13.5. The van der Waals surface area contributed by atoms with Crippen molar-refractivity contribution in [2.75, 3.05) is 46.9 Å². The third kappa shape index (κ3) is 5.39. The molecule has 0 unspecified atom stereocenters. The number of carbonyl (C=O) groups excluding carboxylic acids is 1. The number of nitriles is 1. The molecule has 1 aliphatic heterocycles. The number of nitrogens with one attached hydrogen (secondary N) is 1. The van der Waals surface area contributed by atoms with Crippen molar-refractivity contribution in [3.63, 3.8) is 0 Å². The first-order valence-electron chi connectivity index (χ1n) is 7.38. The molecule has 1 aliphatic rings. The maximum atomic E-state index is 12.2. The van der Waals surface area contributed by atoms with Crippen molar-refractivity contribution in [1.82, 2.24) is 15.1 Å². The van der Waals surface area contributed by atoms with Gasteiger partial charge in [0.05, 0.1) is 19.2 Å². The summed E-state index contributed by atoms with van der Waals surface area (Å²) < 4.78 is 5.21. The van der Waals surface area contributed by atoms with Crippen LogP contribution in [0.15, 0.2) is 18.2 Å². The van der Waals surface area contributed by atoms with Crippen molar-refractivity contribution in [2.45, 2.75) is 6.54 Å². The zero-order chi connectivity index (χ0) is 15.9. The molecule has 7 heteroatoms. The predicted octanol–water partition coefficient (Wildman–Crippen LogP) is 0.852. The molecule has 1 heterocycles. The summed E-state index contributed by atoms with van der Waals surface area (Å²) in [5, 5.41) is 12.2. The summed E-state index contributed by atoms with van der Waals surface area (Å²) in [6.07, 6.45) is 0. The molecule has 0 aromatic heterocycles. The summed E-state index contributed by atoms with van der Waals surface area (Å²) in [5.41, 5.74) is 1.54. The number of benzene rings is 1. The van der Waals surface area contributed by atoms with Gasteiger partial charge in [0.2, 0.25) is 5.91 Å². The Hall–Kier alpha value is -1.81. The van der Waals surface area contributed by atoms with E-state index >= 15 is 0 Å². The SMILES string of the molecule is COc1cc(CN(C)CC(=O)N2CCNCC2)ccc1C#N.Cl. The number of methoxy groups -OCH3 is 1. The number of hydrogen-bond acceptors (Lipinski definition) is 5. The van der Waals surface area contributed by atoms with E-state index in [2.05, 4.69) is 11.4 Å². The molecule has 1 saturated heterocycles. The van der Waals surface area contributed by atoms with Crippen LogP contribution in [0.25, 0.3) is 0 Å². The number of rotatable bonds is 5. The summed E-state index contributed by atoms with van der Waals surface area (Å²) in [6, 6.07) is 7.59. The lowest BCUT2D eigenvalue weighted by Crippen LogP contribution is -2.49. The van der Waals surface area contributed by atoms with Crippen LogP contribution in [0.4, 0.5) is 0 Å². The zero-order valence-corrected chi connectivity index (χ0v) is 14.4. The Labute approximate surface area is 143 Å². The van der Waals surface area contributed by atoms with Gasteiger partial charge < -0.3 is 15.0 Å². The van der Waals surface area contributed by atoms with E-state index in [9.17, 15) is 4.79 Å². The third-order valence-corrected chi connectivity index (χ3v) is 3.71. The average molecular weight is 339 g/mol. The maximum Gasteiger partial charge on any atom is 0.236 e. The van der Waals surface area contributed by atoms with E-state index in [0.717, 1.165) is 31.7 Å². The number of amides is 1. The van der Waals surface area contributed by atoms with Gasteiger partial charge in [0.15, 0.2) is 0 Å². The normalized spacial score (nSPS) is 14.1. The van der Waals surface area contributed by atoms with E-state index in [1.54, 1.807) is 13.2 Å². The minimum atomic E-state index is 0. The number of ether oxygens (including phenoxy) is 1. The van der Waals surface area contributed by atoms with Gasteiger partial charge in [-0.1, -0.05) is 6.07 Å². The molecule has 1 amide bonds. The highest BCUT2D eigenvalue weighted by atomic mass is 35.5. The van der Waals surface area contributed by atoms with Crippen LogP contribution in [0.2, 0.25) is 0 Å². The summed E-state index contributed by atoms with van der Waals surface area (Å²) >= 11 is 0. The average Bonchev–Trinajstić information content (AvgIpc) is 2.55. The number of piperazine rings is 1. The van der Waals surface area contributed by atoms with Crippen LogP contribution in [0, 0.1) is 11.3 Å². The molecule has 23 heavy (non-hydrogen) atoms. The molecule has 126 valence electrons. The maximum absolute atomic E-state index is 12.2. The number of likely N-dealkylation sites (N-methyl/N-ethyl adjacent to an activating group) is 1. The summed E-state index contributed by atoms with van der Waals surface area (Å²) in [5.74, 6) is 0.728. The Bertz CT molecular complexity index is 568. The van der Waals surface area contributed by atoms with Crippen molar-refractivity contribution < 1.29 is 9.53 Å². The molecule has 1 aromatic carbocycles. The highest BCUT2D eigenvalue weighted by Crippen LogP contribution is 2.20. The van der Waals surface area contributed by atoms with Crippen LogP contribution in [0.5, 0.6) is 5.75 Å². The van der Waals surface area contributed by atoms with E-state index in [-0.39, 0.29) is 18.3 Å². The molecule has 1 fully saturated rings. The number of nitrogens with zero attached hydrogens (tertiary/aromatic N) is 3. The molecule has 1 aromatic rings. The van der Waals surface area contributed by atoms with Crippen LogP contribution in [-0.4, -0.2) is 62.6 Å². The Morgan fingerprint density at radius 3 is 2.74 bits per heavy atom. The van der Waals surface area contributed by atoms with Gasteiger partial charge in [-0.25, -0.2) is 0 Å². The Morgan fingerprint density at radius 1 is 1.43 bits per heavy atom.